The molecule has 3 rings (SSSR count). The number of nitrogen functional groups attached to an aromatic ring is 1. The van der Waals surface area contributed by atoms with Crippen LogP contribution in [0, 0.1) is 6.92 Å². The molecule has 1 fully saturated rings. The second-order valence-electron chi connectivity index (χ2n) is 5.73. The van der Waals surface area contributed by atoms with E-state index >= 15 is 0 Å². The minimum Gasteiger partial charge on any atom is -0.504 e. The van der Waals surface area contributed by atoms with Gasteiger partial charge in [0.2, 0.25) is 5.95 Å². The summed E-state index contributed by atoms with van der Waals surface area (Å²) in [5.41, 5.74) is 7.20. The first-order valence-electron chi connectivity index (χ1n) is 7.62. The molecule has 2 heterocycles. The van der Waals surface area contributed by atoms with E-state index in [-0.39, 0.29) is 23.5 Å². The zero-order chi connectivity index (χ0) is 17.3. The molecule has 1 aliphatic rings. The van der Waals surface area contributed by atoms with Gasteiger partial charge in [0.25, 0.3) is 0 Å². The predicted molar refractivity (Wildman–Crippen MR) is 91.5 cm³/mol. The van der Waals surface area contributed by atoms with Crippen LogP contribution in [0.25, 0.3) is 0 Å². The van der Waals surface area contributed by atoms with Crippen LogP contribution in [0.3, 0.4) is 0 Å². The van der Waals surface area contributed by atoms with E-state index in [9.17, 15) is 10.2 Å². The number of ether oxygens (including phenoxy) is 1. The summed E-state index contributed by atoms with van der Waals surface area (Å²) >= 11 is 6.29. The molecular formula is C16H19ClN4O3. The molecule has 1 unspecified atom stereocenters. The highest BCUT2D eigenvalue weighted by Gasteiger charge is 2.27. The molecule has 1 aromatic heterocycles. The zero-order valence-electron chi connectivity index (χ0n) is 13.2. The van der Waals surface area contributed by atoms with Crippen LogP contribution in [0.1, 0.15) is 23.7 Å². The van der Waals surface area contributed by atoms with Gasteiger partial charge in [0.1, 0.15) is 5.82 Å². The minimum atomic E-state index is -0.264. The molecule has 4 N–H and O–H groups in total. The lowest BCUT2D eigenvalue weighted by Gasteiger charge is -2.31. The quantitative estimate of drug-likeness (QED) is 0.714. The first-order chi connectivity index (χ1) is 11.5. The Balaban J connectivity index is 2.06. The summed E-state index contributed by atoms with van der Waals surface area (Å²) in [7, 11) is 0. The molecule has 1 aliphatic heterocycles. The van der Waals surface area contributed by atoms with Gasteiger partial charge in [0.15, 0.2) is 11.5 Å². The third kappa shape index (κ3) is 3.32. The van der Waals surface area contributed by atoms with Crippen molar-refractivity contribution < 1.29 is 14.9 Å². The SMILES string of the molecule is Cc1cc(N2CCCOCC2c2cc(O)c(O)cc2Cl)nc(N)n1. The third-order valence-electron chi connectivity index (χ3n) is 3.94. The second-order valence-corrected chi connectivity index (χ2v) is 6.13. The number of anilines is 2. The van der Waals surface area contributed by atoms with Crippen LogP contribution >= 0.6 is 11.6 Å². The number of hydrogen-bond acceptors (Lipinski definition) is 7. The van der Waals surface area contributed by atoms with Crippen LogP contribution in [-0.2, 0) is 4.74 Å². The van der Waals surface area contributed by atoms with Crippen molar-refractivity contribution in [2.24, 2.45) is 0 Å². The molecule has 0 bridgehead atoms. The molecule has 8 heteroatoms. The van der Waals surface area contributed by atoms with Crippen molar-refractivity contribution in [3.05, 3.63) is 34.5 Å². The topological polar surface area (TPSA) is 105 Å². The maximum Gasteiger partial charge on any atom is 0.222 e. The van der Waals surface area contributed by atoms with E-state index in [1.54, 1.807) is 0 Å². The van der Waals surface area contributed by atoms with E-state index in [2.05, 4.69) is 9.97 Å². The maximum atomic E-state index is 9.86. The van der Waals surface area contributed by atoms with Crippen molar-refractivity contribution in [3.8, 4) is 11.5 Å². The summed E-state index contributed by atoms with van der Waals surface area (Å²) < 4.78 is 5.68. The largest absolute Gasteiger partial charge is 0.504 e. The number of rotatable bonds is 2. The molecule has 0 amide bonds. The van der Waals surface area contributed by atoms with Crippen LogP contribution in [0.15, 0.2) is 18.2 Å². The van der Waals surface area contributed by atoms with Gasteiger partial charge in [-0.2, -0.15) is 4.98 Å². The molecule has 24 heavy (non-hydrogen) atoms. The lowest BCUT2D eigenvalue weighted by molar-refractivity contribution is 0.134. The van der Waals surface area contributed by atoms with Crippen molar-refractivity contribution in [2.45, 2.75) is 19.4 Å². The van der Waals surface area contributed by atoms with Crippen LogP contribution in [0.2, 0.25) is 5.02 Å². The van der Waals surface area contributed by atoms with Crippen LogP contribution in [0.4, 0.5) is 11.8 Å². The molecule has 128 valence electrons. The number of aromatic nitrogens is 2. The Morgan fingerprint density at radius 3 is 2.75 bits per heavy atom. The minimum absolute atomic E-state index is 0.202. The number of phenols is 2. The van der Waals surface area contributed by atoms with Gasteiger partial charge in [-0.05, 0) is 25.0 Å². The van der Waals surface area contributed by atoms with Crippen LogP contribution in [-0.4, -0.2) is 39.9 Å². The lowest BCUT2D eigenvalue weighted by Crippen LogP contribution is -2.32. The fourth-order valence-electron chi connectivity index (χ4n) is 2.85. The fraction of sp³-hybridized carbons (Fsp3) is 0.375. The molecule has 1 atom stereocenters. The number of phenolic OH excluding ortho intramolecular Hbond substituents is 2. The van der Waals surface area contributed by atoms with E-state index in [1.807, 2.05) is 17.9 Å². The Morgan fingerprint density at radius 2 is 2.00 bits per heavy atom. The van der Waals surface area contributed by atoms with Gasteiger partial charge in [0, 0.05) is 36.0 Å². The van der Waals surface area contributed by atoms with Crippen molar-refractivity contribution in [2.75, 3.05) is 30.4 Å². The Morgan fingerprint density at radius 1 is 1.25 bits per heavy atom. The van der Waals surface area contributed by atoms with Gasteiger partial charge in [-0.1, -0.05) is 11.6 Å². The average Bonchev–Trinajstić information content (AvgIpc) is 2.75. The number of aryl methyl sites for hydroxylation is 1. The number of halogens is 1. The van der Waals surface area contributed by atoms with Gasteiger partial charge in [-0.15, -0.1) is 0 Å². The van der Waals surface area contributed by atoms with Crippen LogP contribution < -0.4 is 10.6 Å². The summed E-state index contributed by atoms with van der Waals surface area (Å²) in [6.07, 6.45) is 0.821. The number of aromatic hydroxyl groups is 2. The number of benzene rings is 1. The normalized spacial score (nSPS) is 18.4. The van der Waals surface area contributed by atoms with Crippen LogP contribution in [0.5, 0.6) is 11.5 Å². The molecule has 0 saturated carbocycles. The summed E-state index contributed by atoms with van der Waals surface area (Å²) in [4.78, 5) is 10.5. The Labute approximate surface area is 144 Å². The molecule has 1 aromatic carbocycles. The second kappa shape index (κ2) is 6.70. The van der Waals surface area contributed by atoms with E-state index in [0.717, 1.165) is 12.1 Å². The van der Waals surface area contributed by atoms with E-state index < -0.39 is 0 Å². The average molecular weight is 351 g/mol. The fourth-order valence-corrected chi connectivity index (χ4v) is 3.14. The zero-order valence-corrected chi connectivity index (χ0v) is 14.0. The van der Waals surface area contributed by atoms with Crippen molar-refractivity contribution in [3.63, 3.8) is 0 Å². The summed E-state index contributed by atoms with van der Waals surface area (Å²) in [6.45, 7) is 3.55. The Hall–Kier alpha value is -2.25. The maximum absolute atomic E-state index is 9.86. The number of nitrogens with zero attached hydrogens (tertiary/aromatic N) is 3. The van der Waals surface area contributed by atoms with Gasteiger partial charge in [-0.3, -0.25) is 0 Å². The molecule has 1 saturated heterocycles. The first-order valence-corrected chi connectivity index (χ1v) is 8.00. The molecular weight excluding hydrogens is 332 g/mol. The van der Waals surface area contributed by atoms with E-state index in [0.29, 0.717) is 36.2 Å². The highest BCUT2D eigenvalue weighted by molar-refractivity contribution is 6.31. The van der Waals surface area contributed by atoms with Gasteiger partial charge < -0.3 is 25.6 Å². The summed E-state index contributed by atoms with van der Waals surface area (Å²) in [6, 6.07) is 4.37. The molecule has 7 nitrogen and oxygen atoms in total. The lowest BCUT2D eigenvalue weighted by atomic mass is 10.0. The number of hydrogen-bond donors (Lipinski definition) is 3. The Bertz CT molecular complexity index is 736. The van der Waals surface area contributed by atoms with Crippen molar-refractivity contribution in [1.82, 2.24) is 9.97 Å². The molecule has 0 radical (unpaired) electrons. The number of nitrogens with two attached hydrogens (primary N) is 1. The first kappa shape index (κ1) is 16.6. The predicted octanol–water partition coefficient (Wildman–Crippen LogP) is 2.40. The van der Waals surface area contributed by atoms with E-state index in [1.165, 1.54) is 12.1 Å². The van der Waals surface area contributed by atoms with E-state index in [4.69, 9.17) is 22.1 Å². The molecule has 0 spiro atoms. The summed E-state index contributed by atoms with van der Waals surface area (Å²) in [5.74, 6) is 0.400. The highest BCUT2D eigenvalue weighted by Crippen LogP contribution is 2.38. The third-order valence-corrected chi connectivity index (χ3v) is 4.27. The summed E-state index contributed by atoms with van der Waals surface area (Å²) in [5, 5.41) is 19.8. The molecule has 0 aliphatic carbocycles. The van der Waals surface area contributed by atoms with Crippen molar-refractivity contribution in [1.29, 1.82) is 0 Å². The Kier molecular flexibility index (Phi) is 4.64. The molecule has 2 aromatic rings. The van der Waals surface area contributed by atoms with Gasteiger partial charge in [-0.25, -0.2) is 4.98 Å². The highest BCUT2D eigenvalue weighted by atomic mass is 35.5. The standard InChI is InChI=1S/C16H19ClN4O3/c1-9-5-15(20-16(18)19-9)21-3-2-4-24-8-12(21)10-6-13(22)14(23)7-11(10)17/h5-7,12,22-23H,2-4,8H2,1H3,(H2,18,19,20). The van der Waals surface area contributed by atoms with Crippen molar-refractivity contribution >= 4 is 23.4 Å². The smallest absolute Gasteiger partial charge is 0.222 e. The van der Waals surface area contributed by atoms with Gasteiger partial charge in [0.05, 0.1) is 12.6 Å². The van der Waals surface area contributed by atoms with Gasteiger partial charge >= 0.3 is 0 Å². The monoisotopic (exact) mass is 350 g/mol.